The van der Waals surface area contributed by atoms with E-state index < -0.39 is 0 Å². The molecule has 4 rings (SSSR count). The maximum absolute atomic E-state index is 6.09. The Balaban J connectivity index is 1.47. The topological polar surface area (TPSA) is 33.6 Å². The van der Waals surface area contributed by atoms with Crippen molar-refractivity contribution in [3.05, 3.63) is 71.3 Å². The van der Waals surface area contributed by atoms with E-state index in [1.165, 1.54) is 16.7 Å². The molecule has 3 heteroatoms. The first-order chi connectivity index (χ1) is 10.4. The zero-order chi connectivity index (χ0) is 14.1. The lowest BCUT2D eigenvalue weighted by Gasteiger charge is -2.26. The average Bonchev–Trinajstić information content (AvgIpc) is 3.05. The first kappa shape index (κ1) is 12.6. The third-order valence-corrected chi connectivity index (χ3v) is 4.23. The molecular formula is C18H18N2O. The van der Waals surface area contributed by atoms with Crippen molar-refractivity contribution >= 4 is 5.90 Å². The van der Waals surface area contributed by atoms with Gasteiger partial charge in [-0.2, -0.15) is 0 Å². The van der Waals surface area contributed by atoms with Gasteiger partial charge in [-0.1, -0.05) is 54.6 Å². The summed E-state index contributed by atoms with van der Waals surface area (Å²) in [6.45, 7) is 1.61. The van der Waals surface area contributed by atoms with E-state index in [4.69, 9.17) is 4.74 Å². The lowest BCUT2D eigenvalue weighted by atomic mass is 9.96. The van der Waals surface area contributed by atoms with Crippen molar-refractivity contribution in [1.82, 2.24) is 5.32 Å². The van der Waals surface area contributed by atoms with Gasteiger partial charge in [-0.3, -0.25) is 0 Å². The molecule has 0 radical (unpaired) electrons. The van der Waals surface area contributed by atoms with Crippen LogP contribution in [0.2, 0.25) is 0 Å². The van der Waals surface area contributed by atoms with Gasteiger partial charge in [-0.25, -0.2) is 4.99 Å². The van der Waals surface area contributed by atoms with Crippen LogP contribution in [-0.2, 0) is 17.7 Å². The van der Waals surface area contributed by atoms with Gasteiger partial charge in [0.25, 0.3) is 0 Å². The molecule has 0 bridgehead atoms. The number of nitrogens with zero attached hydrogens (tertiary/aromatic N) is 1. The van der Waals surface area contributed by atoms with Crippen LogP contribution in [0, 0.1) is 0 Å². The minimum atomic E-state index is 0.0696. The van der Waals surface area contributed by atoms with Crippen LogP contribution in [0.15, 0.2) is 59.6 Å². The Labute approximate surface area is 124 Å². The lowest BCUT2D eigenvalue weighted by Crippen LogP contribution is -2.42. The summed E-state index contributed by atoms with van der Waals surface area (Å²) in [6.07, 6.45) is 1.02. The van der Waals surface area contributed by atoms with Crippen LogP contribution in [0.25, 0.3) is 0 Å². The van der Waals surface area contributed by atoms with Gasteiger partial charge in [0.05, 0.1) is 12.6 Å². The van der Waals surface area contributed by atoms with Gasteiger partial charge >= 0.3 is 0 Å². The molecule has 1 unspecified atom stereocenters. The standard InChI is InChI=1S/C18H18N2O/c1-2-6-13(7-3-1)17-12-20-18(21-17)16-10-14-8-4-5-9-15(14)11-19-16/h1-9,16-17,19H,10-12H2/t16-,17?/m0/s1. The van der Waals surface area contributed by atoms with E-state index in [1.54, 1.807) is 0 Å². The molecule has 0 aliphatic carbocycles. The van der Waals surface area contributed by atoms with E-state index in [9.17, 15) is 0 Å². The van der Waals surface area contributed by atoms with E-state index in [0.717, 1.165) is 25.4 Å². The molecule has 2 aliphatic heterocycles. The molecule has 3 nitrogen and oxygen atoms in total. The van der Waals surface area contributed by atoms with E-state index >= 15 is 0 Å². The van der Waals surface area contributed by atoms with Crippen LogP contribution in [0.4, 0.5) is 0 Å². The van der Waals surface area contributed by atoms with Crippen molar-refractivity contribution < 1.29 is 4.74 Å². The Morgan fingerprint density at radius 3 is 2.57 bits per heavy atom. The van der Waals surface area contributed by atoms with Crippen LogP contribution >= 0.6 is 0 Å². The van der Waals surface area contributed by atoms with E-state index in [1.807, 2.05) is 18.2 Å². The Morgan fingerprint density at radius 1 is 0.952 bits per heavy atom. The van der Waals surface area contributed by atoms with Gasteiger partial charge in [0.2, 0.25) is 5.90 Å². The summed E-state index contributed by atoms with van der Waals surface area (Å²) in [5.74, 6) is 0.860. The number of aliphatic imine (C=N–C) groups is 1. The van der Waals surface area contributed by atoms with Gasteiger partial charge in [0, 0.05) is 6.54 Å². The first-order valence-corrected chi connectivity index (χ1v) is 7.46. The van der Waals surface area contributed by atoms with Gasteiger partial charge in [-0.05, 0) is 23.1 Å². The summed E-state index contributed by atoms with van der Waals surface area (Å²) in [5.41, 5.74) is 3.98. The van der Waals surface area contributed by atoms with Crippen LogP contribution < -0.4 is 5.32 Å². The second kappa shape index (κ2) is 5.34. The predicted octanol–water partition coefficient (Wildman–Crippen LogP) is 2.87. The molecule has 0 spiro atoms. The zero-order valence-corrected chi connectivity index (χ0v) is 11.8. The molecule has 0 fully saturated rings. The average molecular weight is 278 g/mol. The maximum atomic E-state index is 6.09. The SMILES string of the molecule is c1ccc(C2CN=C([C@@H]3Cc4ccccc4CN3)O2)cc1. The minimum absolute atomic E-state index is 0.0696. The quantitative estimate of drug-likeness (QED) is 0.916. The Hall–Kier alpha value is -2.13. The number of ether oxygens (including phenoxy) is 1. The van der Waals surface area contributed by atoms with Gasteiger partial charge in [-0.15, -0.1) is 0 Å². The number of nitrogens with one attached hydrogen (secondary N) is 1. The second-order valence-electron chi connectivity index (χ2n) is 5.60. The second-order valence-corrected chi connectivity index (χ2v) is 5.60. The normalized spacial score (nSPS) is 24.1. The highest BCUT2D eigenvalue weighted by molar-refractivity contribution is 5.84. The van der Waals surface area contributed by atoms with Crippen molar-refractivity contribution in [2.45, 2.75) is 25.1 Å². The number of rotatable bonds is 2. The first-order valence-electron chi connectivity index (χ1n) is 7.46. The van der Waals surface area contributed by atoms with Crippen LogP contribution in [0.5, 0.6) is 0 Å². The molecule has 2 atom stereocenters. The van der Waals surface area contributed by atoms with E-state index in [-0.39, 0.29) is 12.1 Å². The number of benzene rings is 2. The smallest absolute Gasteiger partial charge is 0.202 e. The van der Waals surface area contributed by atoms with Gasteiger partial charge < -0.3 is 10.1 Å². The Morgan fingerprint density at radius 2 is 1.71 bits per heavy atom. The lowest BCUT2D eigenvalue weighted by molar-refractivity contribution is 0.216. The summed E-state index contributed by atoms with van der Waals surface area (Å²) < 4.78 is 6.09. The molecule has 1 N–H and O–H groups in total. The van der Waals surface area contributed by atoms with Crippen molar-refractivity contribution in [2.24, 2.45) is 4.99 Å². The molecule has 106 valence electrons. The van der Waals surface area contributed by atoms with Crippen molar-refractivity contribution in [3.63, 3.8) is 0 Å². The molecule has 21 heavy (non-hydrogen) atoms. The Bertz CT molecular complexity index is 666. The molecule has 2 aromatic rings. The van der Waals surface area contributed by atoms with Crippen molar-refractivity contribution in [1.29, 1.82) is 0 Å². The van der Waals surface area contributed by atoms with E-state index in [0.29, 0.717) is 0 Å². The summed E-state index contributed by atoms with van der Waals surface area (Å²) >= 11 is 0. The number of fused-ring (bicyclic) bond motifs is 1. The van der Waals surface area contributed by atoms with Gasteiger partial charge in [0.15, 0.2) is 0 Å². The molecule has 2 heterocycles. The Kier molecular flexibility index (Phi) is 3.20. The molecule has 2 aromatic carbocycles. The van der Waals surface area contributed by atoms with E-state index in [2.05, 4.69) is 46.7 Å². The van der Waals surface area contributed by atoms with Crippen LogP contribution in [0.3, 0.4) is 0 Å². The summed E-state index contributed by atoms with van der Waals surface area (Å²) in [4.78, 5) is 4.62. The highest BCUT2D eigenvalue weighted by atomic mass is 16.5. The molecule has 0 saturated heterocycles. The summed E-state index contributed by atoms with van der Waals surface area (Å²) in [5, 5.41) is 3.53. The third-order valence-electron chi connectivity index (χ3n) is 4.23. The maximum Gasteiger partial charge on any atom is 0.202 e. The molecular weight excluding hydrogens is 260 g/mol. The van der Waals surface area contributed by atoms with Gasteiger partial charge in [0.1, 0.15) is 6.10 Å². The molecule has 0 amide bonds. The van der Waals surface area contributed by atoms with Crippen molar-refractivity contribution in [2.75, 3.05) is 6.54 Å². The minimum Gasteiger partial charge on any atom is -0.470 e. The number of hydrogen-bond acceptors (Lipinski definition) is 3. The fourth-order valence-corrected chi connectivity index (χ4v) is 3.06. The molecule has 0 aromatic heterocycles. The van der Waals surface area contributed by atoms with Crippen LogP contribution in [0.1, 0.15) is 22.8 Å². The third kappa shape index (κ3) is 2.45. The molecule has 0 saturated carbocycles. The summed E-state index contributed by atoms with van der Waals surface area (Å²) in [6, 6.07) is 19.1. The molecule has 2 aliphatic rings. The van der Waals surface area contributed by atoms with Crippen molar-refractivity contribution in [3.8, 4) is 0 Å². The fraction of sp³-hybridized carbons (Fsp3) is 0.278. The highest BCUT2D eigenvalue weighted by Gasteiger charge is 2.29. The largest absolute Gasteiger partial charge is 0.470 e. The fourth-order valence-electron chi connectivity index (χ4n) is 3.06. The highest BCUT2D eigenvalue weighted by Crippen LogP contribution is 2.26. The predicted molar refractivity (Wildman–Crippen MR) is 83.3 cm³/mol. The zero-order valence-electron chi connectivity index (χ0n) is 11.8. The van der Waals surface area contributed by atoms with Crippen LogP contribution in [-0.4, -0.2) is 18.5 Å². The summed E-state index contributed by atoms with van der Waals surface area (Å²) in [7, 11) is 0. The number of hydrogen-bond donors (Lipinski definition) is 1. The monoisotopic (exact) mass is 278 g/mol.